The second-order valence-electron chi connectivity index (χ2n) is 9.35. The molecule has 1 N–H and O–H groups in total. The number of aromatic nitrogens is 5. The van der Waals surface area contributed by atoms with Gasteiger partial charge in [-0.15, -0.1) is 0 Å². The summed E-state index contributed by atoms with van der Waals surface area (Å²) in [6.07, 6.45) is 7.81. The molecule has 4 aromatic heterocycles. The monoisotopic (exact) mass is 524 g/mol. The number of anilines is 1. The third-order valence-electron chi connectivity index (χ3n) is 6.72. The molecule has 0 aliphatic carbocycles. The Balaban J connectivity index is 1.47. The number of hydrogen-bond donors (Lipinski definition) is 1. The number of benzene rings is 1. The van der Waals surface area contributed by atoms with Crippen LogP contribution in [0.25, 0.3) is 33.4 Å². The van der Waals surface area contributed by atoms with Crippen molar-refractivity contribution in [1.82, 2.24) is 24.5 Å². The van der Waals surface area contributed by atoms with Crippen molar-refractivity contribution < 1.29 is 4.74 Å². The molecule has 0 spiro atoms. The molecule has 1 fully saturated rings. The van der Waals surface area contributed by atoms with Crippen LogP contribution in [0.1, 0.15) is 17.5 Å². The van der Waals surface area contributed by atoms with Crippen molar-refractivity contribution >= 4 is 28.6 Å². The summed E-state index contributed by atoms with van der Waals surface area (Å²) in [5.41, 5.74) is 5.22. The molecular formula is C29H25ClN6O2. The number of ether oxygens (including phenoxy) is 1. The lowest BCUT2D eigenvalue weighted by Crippen LogP contribution is -2.25. The number of nitrogens with one attached hydrogen (secondary N) is 1. The number of halogens is 1. The van der Waals surface area contributed by atoms with E-state index in [1.165, 1.54) is 0 Å². The Labute approximate surface area is 224 Å². The second kappa shape index (κ2) is 10.3. The van der Waals surface area contributed by atoms with Gasteiger partial charge in [0.25, 0.3) is 5.56 Å². The van der Waals surface area contributed by atoms with E-state index in [-0.39, 0.29) is 11.6 Å². The van der Waals surface area contributed by atoms with Crippen molar-refractivity contribution in [2.75, 3.05) is 18.5 Å². The standard InChI is InChI=1S/C29H25ClN6O2/c1-18-3-2-9-32-26(18)20-4-5-23(25(30)14-20)24-13-21-15-33-29(34-22-8-12-38-17-22)35-27(21)36(28(24)37)16-19-6-10-31-11-7-19/h2-7,9-11,13-15,22H,8,12,16-17H2,1H3,(H,33,34,35)/t22-/m1/s1. The summed E-state index contributed by atoms with van der Waals surface area (Å²) in [6.45, 7) is 3.66. The van der Waals surface area contributed by atoms with Gasteiger partial charge in [-0.2, -0.15) is 4.98 Å². The van der Waals surface area contributed by atoms with Crippen molar-refractivity contribution in [2.24, 2.45) is 0 Å². The second-order valence-corrected chi connectivity index (χ2v) is 9.75. The molecule has 0 saturated carbocycles. The minimum absolute atomic E-state index is 0.146. The van der Waals surface area contributed by atoms with Crippen LogP contribution >= 0.6 is 11.6 Å². The average Bonchev–Trinajstić information content (AvgIpc) is 3.44. The van der Waals surface area contributed by atoms with E-state index in [1.54, 1.807) is 29.4 Å². The topological polar surface area (TPSA) is 94.8 Å². The summed E-state index contributed by atoms with van der Waals surface area (Å²) in [5.74, 6) is 0.469. The lowest BCUT2D eigenvalue weighted by atomic mass is 10.0. The van der Waals surface area contributed by atoms with Gasteiger partial charge in [0.1, 0.15) is 5.65 Å². The zero-order chi connectivity index (χ0) is 26.1. The highest BCUT2D eigenvalue weighted by Crippen LogP contribution is 2.32. The van der Waals surface area contributed by atoms with Gasteiger partial charge in [0.15, 0.2) is 0 Å². The first-order valence-electron chi connectivity index (χ1n) is 12.4. The number of aryl methyl sites for hydroxylation is 1. The third kappa shape index (κ3) is 4.76. The summed E-state index contributed by atoms with van der Waals surface area (Å²) in [7, 11) is 0. The van der Waals surface area contributed by atoms with Crippen molar-refractivity contribution in [2.45, 2.75) is 25.9 Å². The SMILES string of the molecule is Cc1cccnc1-c1ccc(-c2cc3cnc(N[C@@H]4CCOC4)nc3n(Cc3ccncc3)c2=O)c(Cl)c1. The molecule has 1 aliphatic heterocycles. The van der Waals surface area contributed by atoms with Crippen molar-refractivity contribution in [3.8, 4) is 22.4 Å². The Kier molecular flexibility index (Phi) is 6.57. The molecule has 6 rings (SSSR count). The maximum absolute atomic E-state index is 14.0. The highest BCUT2D eigenvalue weighted by molar-refractivity contribution is 6.33. The van der Waals surface area contributed by atoms with Crippen LogP contribution in [-0.2, 0) is 11.3 Å². The first kappa shape index (κ1) is 24.2. The molecular weight excluding hydrogens is 500 g/mol. The minimum atomic E-state index is -0.188. The molecule has 1 aliphatic rings. The highest BCUT2D eigenvalue weighted by atomic mass is 35.5. The third-order valence-corrected chi connectivity index (χ3v) is 7.03. The number of nitrogens with zero attached hydrogens (tertiary/aromatic N) is 5. The molecule has 5 heterocycles. The molecule has 0 unspecified atom stereocenters. The fourth-order valence-electron chi connectivity index (χ4n) is 4.74. The molecule has 190 valence electrons. The predicted molar refractivity (Wildman–Crippen MR) is 148 cm³/mol. The van der Waals surface area contributed by atoms with Crippen LogP contribution in [0.2, 0.25) is 5.02 Å². The molecule has 0 bridgehead atoms. The van der Waals surface area contributed by atoms with Crippen molar-refractivity contribution in [3.63, 3.8) is 0 Å². The fourth-order valence-corrected chi connectivity index (χ4v) is 5.02. The zero-order valence-electron chi connectivity index (χ0n) is 20.8. The van der Waals surface area contributed by atoms with Crippen LogP contribution in [0.4, 0.5) is 5.95 Å². The van der Waals surface area contributed by atoms with Gasteiger partial charge in [-0.25, -0.2) is 4.98 Å². The van der Waals surface area contributed by atoms with E-state index in [0.717, 1.165) is 34.2 Å². The van der Waals surface area contributed by atoms with Crippen molar-refractivity contribution in [1.29, 1.82) is 0 Å². The Bertz CT molecular complexity index is 1680. The predicted octanol–water partition coefficient (Wildman–Crippen LogP) is 5.13. The van der Waals surface area contributed by atoms with Crippen molar-refractivity contribution in [3.05, 3.63) is 99.8 Å². The first-order valence-corrected chi connectivity index (χ1v) is 12.8. The summed E-state index contributed by atoms with van der Waals surface area (Å²) >= 11 is 6.78. The van der Waals surface area contributed by atoms with E-state index < -0.39 is 0 Å². The molecule has 1 atom stereocenters. The molecule has 5 aromatic rings. The molecule has 1 aromatic carbocycles. The number of fused-ring (bicyclic) bond motifs is 1. The van der Waals surface area contributed by atoms with Crippen LogP contribution in [0.3, 0.4) is 0 Å². The Morgan fingerprint density at radius 3 is 2.71 bits per heavy atom. The van der Waals surface area contributed by atoms with Gasteiger partial charge in [-0.1, -0.05) is 29.8 Å². The van der Waals surface area contributed by atoms with E-state index in [9.17, 15) is 4.79 Å². The highest BCUT2D eigenvalue weighted by Gasteiger charge is 2.19. The summed E-state index contributed by atoms with van der Waals surface area (Å²) in [4.78, 5) is 31.8. The molecule has 9 heteroatoms. The molecule has 1 saturated heterocycles. The minimum Gasteiger partial charge on any atom is -0.379 e. The molecule has 38 heavy (non-hydrogen) atoms. The van der Waals surface area contributed by atoms with E-state index in [2.05, 4.69) is 20.3 Å². The Morgan fingerprint density at radius 1 is 1.08 bits per heavy atom. The fraction of sp³-hybridized carbons (Fsp3) is 0.207. The normalized spacial score (nSPS) is 15.2. The van der Waals surface area contributed by atoms with E-state index in [1.807, 2.05) is 55.5 Å². The number of pyridine rings is 3. The van der Waals surface area contributed by atoms with Gasteiger partial charge in [0.05, 0.1) is 24.9 Å². The van der Waals surface area contributed by atoms with Crippen LogP contribution in [0.5, 0.6) is 0 Å². The quantitative estimate of drug-likeness (QED) is 0.329. The maximum atomic E-state index is 14.0. The van der Waals surface area contributed by atoms with E-state index in [0.29, 0.717) is 47.5 Å². The van der Waals surface area contributed by atoms with Gasteiger partial charge < -0.3 is 10.1 Å². The van der Waals surface area contributed by atoms with Gasteiger partial charge in [0.2, 0.25) is 5.95 Å². The largest absolute Gasteiger partial charge is 0.379 e. The van der Waals surface area contributed by atoms with Gasteiger partial charge >= 0.3 is 0 Å². The number of hydrogen-bond acceptors (Lipinski definition) is 7. The summed E-state index contributed by atoms with van der Waals surface area (Å²) < 4.78 is 7.13. The van der Waals surface area contributed by atoms with Gasteiger partial charge in [-0.3, -0.25) is 19.3 Å². The lowest BCUT2D eigenvalue weighted by Gasteiger charge is -2.16. The average molecular weight is 525 g/mol. The van der Waals surface area contributed by atoms with Crippen LogP contribution < -0.4 is 10.9 Å². The zero-order valence-corrected chi connectivity index (χ0v) is 21.5. The van der Waals surface area contributed by atoms with Crippen LogP contribution in [0, 0.1) is 6.92 Å². The smallest absolute Gasteiger partial charge is 0.260 e. The Morgan fingerprint density at radius 2 is 1.95 bits per heavy atom. The number of rotatable bonds is 6. The first-order chi connectivity index (χ1) is 18.6. The van der Waals surface area contributed by atoms with E-state index in [4.69, 9.17) is 21.3 Å². The van der Waals surface area contributed by atoms with Gasteiger partial charge in [0, 0.05) is 58.5 Å². The van der Waals surface area contributed by atoms with Crippen LogP contribution in [0.15, 0.2) is 78.1 Å². The molecule has 8 nitrogen and oxygen atoms in total. The van der Waals surface area contributed by atoms with Gasteiger partial charge in [-0.05, 0) is 54.8 Å². The van der Waals surface area contributed by atoms with Crippen LogP contribution in [-0.4, -0.2) is 43.8 Å². The Hall–Kier alpha value is -4.14. The molecule has 0 radical (unpaired) electrons. The lowest BCUT2D eigenvalue weighted by molar-refractivity contribution is 0.195. The summed E-state index contributed by atoms with van der Waals surface area (Å²) in [6, 6.07) is 15.3. The van der Waals surface area contributed by atoms with E-state index >= 15 is 0 Å². The summed E-state index contributed by atoms with van der Waals surface area (Å²) in [5, 5.41) is 4.54. The maximum Gasteiger partial charge on any atom is 0.260 e. The molecule has 0 amide bonds.